The van der Waals surface area contributed by atoms with Crippen molar-refractivity contribution in [1.82, 2.24) is 10.3 Å². The summed E-state index contributed by atoms with van der Waals surface area (Å²) in [6.07, 6.45) is 2.10. The number of rotatable bonds is 8. The molecule has 0 aliphatic carbocycles. The van der Waals surface area contributed by atoms with Crippen LogP contribution in [0, 0.1) is 5.92 Å². The summed E-state index contributed by atoms with van der Waals surface area (Å²) < 4.78 is 37.1. The van der Waals surface area contributed by atoms with Crippen LogP contribution in [0.5, 0.6) is 11.5 Å². The van der Waals surface area contributed by atoms with Gasteiger partial charge in [0, 0.05) is 11.1 Å². The number of pyridine rings is 1. The zero-order valence-electron chi connectivity index (χ0n) is 17.9. The van der Waals surface area contributed by atoms with Crippen LogP contribution in [0.2, 0.25) is 0 Å². The highest BCUT2D eigenvalue weighted by molar-refractivity contribution is 7.92. The van der Waals surface area contributed by atoms with E-state index in [-0.39, 0.29) is 18.3 Å². The maximum atomic E-state index is 11.5. The van der Waals surface area contributed by atoms with Crippen LogP contribution in [0.15, 0.2) is 30.5 Å². The lowest BCUT2D eigenvalue weighted by atomic mass is 9.91. The lowest BCUT2D eigenvalue weighted by Crippen LogP contribution is -2.50. The topological polar surface area (TPSA) is 127 Å². The van der Waals surface area contributed by atoms with E-state index in [1.54, 1.807) is 12.1 Å². The average molecular weight is 450 g/mol. The SMILES string of the molecule is CC(C)CC(C)(COc1ccc2c(c1)COc1cnc(NS(C)(=O)=O)cc1-2)NC(=O)O. The summed E-state index contributed by atoms with van der Waals surface area (Å²) in [7, 11) is -3.45. The third-order valence-electron chi connectivity index (χ3n) is 4.73. The Morgan fingerprint density at radius 3 is 2.71 bits per heavy atom. The molecule has 1 unspecified atom stereocenters. The van der Waals surface area contributed by atoms with Crippen LogP contribution in [0.25, 0.3) is 11.1 Å². The van der Waals surface area contributed by atoms with Crippen LogP contribution < -0.4 is 19.5 Å². The van der Waals surface area contributed by atoms with Crippen molar-refractivity contribution in [3.8, 4) is 22.6 Å². The fourth-order valence-electron chi connectivity index (χ4n) is 3.76. The van der Waals surface area contributed by atoms with Gasteiger partial charge in [-0.3, -0.25) is 4.72 Å². The molecule has 0 saturated heterocycles. The number of sulfonamides is 1. The molecule has 168 valence electrons. The molecule has 9 nitrogen and oxygen atoms in total. The molecule has 10 heteroatoms. The van der Waals surface area contributed by atoms with Gasteiger partial charge in [0.2, 0.25) is 10.0 Å². The molecule has 3 N–H and O–H groups in total. The third kappa shape index (κ3) is 6.00. The summed E-state index contributed by atoms with van der Waals surface area (Å²) in [5.74, 6) is 1.66. The molecule has 1 amide bonds. The van der Waals surface area contributed by atoms with E-state index in [9.17, 15) is 18.3 Å². The van der Waals surface area contributed by atoms with E-state index in [0.29, 0.717) is 24.5 Å². The Bertz CT molecular complexity index is 1090. The molecule has 1 aliphatic heterocycles. The van der Waals surface area contributed by atoms with Crippen molar-refractivity contribution < 1.29 is 27.8 Å². The first-order chi connectivity index (χ1) is 14.4. The quantitative estimate of drug-likeness (QED) is 0.563. The average Bonchev–Trinajstić information content (AvgIpc) is 2.63. The van der Waals surface area contributed by atoms with Crippen LogP contribution in [-0.2, 0) is 16.6 Å². The van der Waals surface area contributed by atoms with Crippen LogP contribution in [0.4, 0.5) is 10.6 Å². The first kappa shape index (κ1) is 22.7. The highest BCUT2D eigenvalue weighted by atomic mass is 32.2. The molecule has 2 aromatic rings. The number of benzene rings is 1. The fraction of sp³-hybridized carbons (Fsp3) is 0.429. The third-order valence-corrected chi connectivity index (χ3v) is 5.31. The molecular formula is C21H27N3O6S. The molecular weight excluding hydrogens is 422 g/mol. The number of nitrogens with zero attached hydrogens (tertiary/aromatic N) is 1. The Kier molecular flexibility index (Phi) is 6.30. The first-order valence-corrected chi connectivity index (χ1v) is 11.7. The zero-order chi connectivity index (χ0) is 22.8. The summed E-state index contributed by atoms with van der Waals surface area (Å²) in [5, 5.41) is 11.7. The minimum Gasteiger partial charge on any atom is -0.491 e. The van der Waals surface area contributed by atoms with Gasteiger partial charge in [0.25, 0.3) is 0 Å². The van der Waals surface area contributed by atoms with Crippen molar-refractivity contribution in [2.75, 3.05) is 17.6 Å². The zero-order valence-corrected chi connectivity index (χ0v) is 18.7. The van der Waals surface area contributed by atoms with Crippen LogP contribution >= 0.6 is 0 Å². The van der Waals surface area contributed by atoms with Gasteiger partial charge in [-0.2, -0.15) is 0 Å². The normalized spacial score (nSPS) is 14.6. The number of hydrogen-bond acceptors (Lipinski definition) is 6. The molecule has 31 heavy (non-hydrogen) atoms. The maximum absolute atomic E-state index is 11.5. The summed E-state index contributed by atoms with van der Waals surface area (Å²) in [6.45, 7) is 6.37. The Morgan fingerprint density at radius 1 is 1.32 bits per heavy atom. The second-order valence-corrected chi connectivity index (χ2v) is 10.2. The van der Waals surface area contributed by atoms with Crippen LogP contribution in [-0.4, -0.2) is 43.0 Å². The highest BCUT2D eigenvalue weighted by Gasteiger charge is 2.29. The van der Waals surface area contributed by atoms with E-state index in [4.69, 9.17) is 9.47 Å². The second kappa shape index (κ2) is 8.62. The molecule has 1 aromatic carbocycles. The standard InChI is InChI=1S/C21H27N3O6S/c1-13(2)9-21(3,23-20(25)26)12-30-15-5-6-16-14(7-15)11-29-18-10-22-19(8-17(16)18)24-31(4,27)28/h5-8,10,13,23H,9,11-12H2,1-4H3,(H,22,24)(H,25,26). The van der Waals surface area contributed by atoms with E-state index in [2.05, 4.69) is 15.0 Å². The van der Waals surface area contributed by atoms with Crippen LogP contribution in [0.3, 0.4) is 0 Å². The molecule has 0 bridgehead atoms. The van der Waals surface area contributed by atoms with Crippen molar-refractivity contribution in [3.05, 3.63) is 36.0 Å². The van der Waals surface area contributed by atoms with Crippen molar-refractivity contribution in [2.24, 2.45) is 5.92 Å². The predicted molar refractivity (Wildman–Crippen MR) is 117 cm³/mol. The van der Waals surface area contributed by atoms with E-state index in [1.165, 1.54) is 6.20 Å². The lowest BCUT2D eigenvalue weighted by molar-refractivity contribution is 0.143. The maximum Gasteiger partial charge on any atom is 0.405 e. The number of carbonyl (C=O) groups is 1. The first-order valence-electron chi connectivity index (χ1n) is 9.82. The number of carboxylic acid groups (broad SMARTS) is 1. The molecule has 3 rings (SSSR count). The fourth-order valence-corrected chi connectivity index (χ4v) is 4.25. The molecule has 0 spiro atoms. The molecule has 2 heterocycles. The van der Waals surface area contributed by atoms with Gasteiger partial charge in [0.05, 0.1) is 18.0 Å². The number of hydrogen-bond donors (Lipinski definition) is 3. The summed E-state index contributed by atoms with van der Waals surface area (Å²) in [5.41, 5.74) is 1.77. The summed E-state index contributed by atoms with van der Waals surface area (Å²) >= 11 is 0. The van der Waals surface area contributed by atoms with Gasteiger partial charge < -0.3 is 19.9 Å². The Balaban J connectivity index is 1.82. The van der Waals surface area contributed by atoms with Gasteiger partial charge in [-0.05, 0) is 43.0 Å². The van der Waals surface area contributed by atoms with Gasteiger partial charge in [0.1, 0.15) is 30.5 Å². The van der Waals surface area contributed by atoms with E-state index in [1.807, 2.05) is 32.9 Å². The smallest absolute Gasteiger partial charge is 0.405 e. The second-order valence-electron chi connectivity index (χ2n) is 8.43. The van der Waals surface area contributed by atoms with Crippen LogP contribution in [0.1, 0.15) is 32.8 Å². The summed E-state index contributed by atoms with van der Waals surface area (Å²) in [4.78, 5) is 15.3. The number of aromatic nitrogens is 1. The molecule has 0 radical (unpaired) electrons. The largest absolute Gasteiger partial charge is 0.491 e. The minimum absolute atomic E-state index is 0.181. The predicted octanol–water partition coefficient (Wildman–Crippen LogP) is 3.46. The highest BCUT2D eigenvalue weighted by Crippen LogP contribution is 2.39. The Hall–Kier alpha value is -3.01. The molecule has 1 atom stereocenters. The number of anilines is 1. The van der Waals surface area contributed by atoms with E-state index in [0.717, 1.165) is 22.9 Å². The lowest BCUT2D eigenvalue weighted by Gasteiger charge is -2.31. The molecule has 0 saturated carbocycles. The monoisotopic (exact) mass is 449 g/mol. The number of fused-ring (bicyclic) bond motifs is 3. The molecule has 1 aliphatic rings. The number of nitrogens with one attached hydrogen (secondary N) is 2. The van der Waals surface area contributed by atoms with Gasteiger partial charge >= 0.3 is 6.09 Å². The summed E-state index contributed by atoms with van der Waals surface area (Å²) in [6, 6.07) is 7.15. The number of ether oxygens (including phenoxy) is 2. The van der Waals surface area contributed by atoms with E-state index < -0.39 is 21.7 Å². The molecule has 0 fully saturated rings. The number of amides is 1. The van der Waals surface area contributed by atoms with Gasteiger partial charge in [0.15, 0.2) is 0 Å². The Labute approximate surface area is 181 Å². The van der Waals surface area contributed by atoms with Crippen molar-refractivity contribution in [3.63, 3.8) is 0 Å². The van der Waals surface area contributed by atoms with E-state index >= 15 is 0 Å². The molecule has 1 aromatic heterocycles. The van der Waals surface area contributed by atoms with Gasteiger partial charge in [-0.25, -0.2) is 18.2 Å². The van der Waals surface area contributed by atoms with Crippen molar-refractivity contribution in [1.29, 1.82) is 0 Å². The van der Waals surface area contributed by atoms with Gasteiger partial charge in [-0.1, -0.05) is 19.9 Å². The van der Waals surface area contributed by atoms with Crippen molar-refractivity contribution in [2.45, 2.75) is 39.3 Å². The minimum atomic E-state index is -3.45. The van der Waals surface area contributed by atoms with Gasteiger partial charge in [-0.15, -0.1) is 0 Å². The van der Waals surface area contributed by atoms with Crippen molar-refractivity contribution >= 4 is 21.9 Å². The Morgan fingerprint density at radius 2 is 2.06 bits per heavy atom.